The molecule has 2 aromatic rings. The van der Waals surface area contributed by atoms with Crippen LogP contribution < -0.4 is 9.64 Å². The number of ether oxygens (including phenoxy) is 1. The summed E-state index contributed by atoms with van der Waals surface area (Å²) in [6.07, 6.45) is 1.94. The van der Waals surface area contributed by atoms with Gasteiger partial charge in [-0.1, -0.05) is 18.2 Å². The summed E-state index contributed by atoms with van der Waals surface area (Å²) in [6, 6.07) is 12.0. The molecule has 0 N–H and O–H groups in total. The second kappa shape index (κ2) is 6.80. The fraction of sp³-hybridized carbons (Fsp3) is 0.167. The largest absolute Gasteiger partial charge is 0.495 e. The number of fused-ring (bicyclic) bond motifs is 1. The van der Waals surface area contributed by atoms with Crippen LogP contribution >= 0.6 is 45.2 Å². The minimum absolute atomic E-state index is 0.0459. The molecule has 118 valence electrons. The fourth-order valence-corrected chi connectivity index (χ4v) is 4.93. The summed E-state index contributed by atoms with van der Waals surface area (Å²) in [7, 11) is 1.66. The van der Waals surface area contributed by atoms with Crippen molar-refractivity contribution < 1.29 is 9.53 Å². The van der Waals surface area contributed by atoms with Crippen molar-refractivity contribution in [2.45, 2.75) is 6.92 Å². The number of likely N-dealkylation sites (N-methyl/N-ethyl adjacent to an activating group) is 1. The van der Waals surface area contributed by atoms with Gasteiger partial charge in [0.05, 0.1) is 16.4 Å². The van der Waals surface area contributed by atoms with Crippen LogP contribution in [0.1, 0.15) is 18.1 Å². The van der Waals surface area contributed by atoms with Gasteiger partial charge in [-0.2, -0.15) is 0 Å². The van der Waals surface area contributed by atoms with E-state index in [1.807, 2.05) is 48.2 Å². The summed E-state index contributed by atoms with van der Waals surface area (Å²) in [5, 5.41) is 0. The highest BCUT2D eigenvalue weighted by Gasteiger charge is 2.31. The first-order chi connectivity index (χ1) is 11.1. The predicted octanol–water partition coefficient (Wildman–Crippen LogP) is 4.81. The highest BCUT2D eigenvalue weighted by molar-refractivity contribution is 14.1. The molecule has 23 heavy (non-hydrogen) atoms. The third-order valence-corrected chi connectivity index (χ3v) is 5.24. The van der Waals surface area contributed by atoms with Gasteiger partial charge in [-0.25, -0.2) is 0 Å². The van der Waals surface area contributed by atoms with Crippen molar-refractivity contribution in [3.63, 3.8) is 0 Å². The molecule has 0 aliphatic carbocycles. The van der Waals surface area contributed by atoms with Crippen LogP contribution in [-0.4, -0.2) is 19.6 Å². The Bertz CT molecular complexity index is 815. The molecule has 0 radical (unpaired) electrons. The lowest BCUT2D eigenvalue weighted by molar-refractivity contribution is -0.112. The molecule has 0 atom stereocenters. The quantitative estimate of drug-likeness (QED) is 0.421. The van der Waals surface area contributed by atoms with Gasteiger partial charge in [0, 0.05) is 26.8 Å². The number of para-hydroxylation sites is 1. The van der Waals surface area contributed by atoms with Crippen molar-refractivity contribution in [3.8, 4) is 5.75 Å². The van der Waals surface area contributed by atoms with Gasteiger partial charge in [0.2, 0.25) is 0 Å². The van der Waals surface area contributed by atoms with E-state index in [0.29, 0.717) is 6.54 Å². The number of carbonyl (C=O) groups is 1. The Kier molecular flexibility index (Phi) is 4.96. The molecule has 5 heteroatoms. The van der Waals surface area contributed by atoms with Crippen molar-refractivity contribution in [2.24, 2.45) is 0 Å². The monoisotopic (exact) mass is 531 g/mol. The highest BCUT2D eigenvalue weighted by atomic mass is 127. The maximum Gasteiger partial charge on any atom is 0.258 e. The molecule has 1 heterocycles. The number of anilines is 1. The van der Waals surface area contributed by atoms with Gasteiger partial charge >= 0.3 is 0 Å². The van der Waals surface area contributed by atoms with E-state index < -0.39 is 0 Å². The van der Waals surface area contributed by atoms with Crippen LogP contribution in [0, 0.1) is 7.14 Å². The number of hydrogen-bond donors (Lipinski definition) is 0. The summed E-state index contributed by atoms with van der Waals surface area (Å²) in [5.74, 6) is 0.850. The van der Waals surface area contributed by atoms with E-state index in [2.05, 4.69) is 51.2 Å². The van der Waals surface area contributed by atoms with Crippen molar-refractivity contribution in [1.29, 1.82) is 0 Å². The molecule has 0 bridgehead atoms. The smallest absolute Gasteiger partial charge is 0.258 e. The maximum atomic E-state index is 12.8. The normalized spacial score (nSPS) is 15.2. The van der Waals surface area contributed by atoms with E-state index in [1.165, 1.54) is 0 Å². The molecule has 0 aromatic heterocycles. The van der Waals surface area contributed by atoms with Crippen molar-refractivity contribution >= 4 is 68.4 Å². The molecule has 3 nitrogen and oxygen atoms in total. The number of hydrogen-bond acceptors (Lipinski definition) is 2. The van der Waals surface area contributed by atoms with Crippen molar-refractivity contribution in [3.05, 3.63) is 54.7 Å². The summed E-state index contributed by atoms with van der Waals surface area (Å²) >= 11 is 4.54. The first-order valence-corrected chi connectivity index (χ1v) is 9.38. The lowest BCUT2D eigenvalue weighted by Crippen LogP contribution is -2.25. The van der Waals surface area contributed by atoms with E-state index in [9.17, 15) is 4.79 Å². The Morgan fingerprint density at radius 2 is 1.96 bits per heavy atom. The van der Waals surface area contributed by atoms with Gasteiger partial charge in [0.15, 0.2) is 0 Å². The van der Waals surface area contributed by atoms with Gasteiger partial charge in [0.25, 0.3) is 5.91 Å². The third kappa shape index (κ3) is 3.00. The SMILES string of the molecule is CCN1C(=O)/C(=C\c2cc(I)cc(I)c2OC)c2ccccc21. The summed E-state index contributed by atoms with van der Waals surface area (Å²) in [4.78, 5) is 14.6. The average molecular weight is 531 g/mol. The molecule has 0 spiro atoms. The number of carbonyl (C=O) groups excluding carboxylic acids is 1. The molecule has 1 aliphatic heterocycles. The first kappa shape index (κ1) is 16.8. The van der Waals surface area contributed by atoms with Crippen LogP contribution in [0.4, 0.5) is 5.69 Å². The van der Waals surface area contributed by atoms with Gasteiger partial charge in [-0.05, 0) is 76.4 Å². The van der Waals surface area contributed by atoms with Gasteiger partial charge in [0.1, 0.15) is 5.75 Å². The number of amides is 1. The molecule has 0 unspecified atom stereocenters. The van der Waals surface area contributed by atoms with Crippen LogP contribution in [0.2, 0.25) is 0 Å². The Hall–Kier alpha value is -1.09. The summed E-state index contributed by atoms with van der Waals surface area (Å²) < 4.78 is 7.69. The molecule has 0 fully saturated rings. The predicted molar refractivity (Wildman–Crippen MR) is 111 cm³/mol. The van der Waals surface area contributed by atoms with Crippen LogP contribution in [0.25, 0.3) is 11.6 Å². The second-order valence-corrected chi connectivity index (χ2v) is 7.54. The topological polar surface area (TPSA) is 29.5 Å². The van der Waals surface area contributed by atoms with Crippen molar-refractivity contribution in [2.75, 3.05) is 18.6 Å². The zero-order chi connectivity index (χ0) is 16.6. The Morgan fingerprint density at radius 1 is 1.22 bits per heavy atom. The molecule has 0 saturated carbocycles. The van der Waals surface area contributed by atoms with E-state index in [0.717, 1.165) is 35.3 Å². The van der Waals surface area contributed by atoms with Crippen LogP contribution in [0.15, 0.2) is 36.4 Å². The van der Waals surface area contributed by atoms with Crippen molar-refractivity contribution in [1.82, 2.24) is 0 Å². The average Bonchev–Trinajstić information content (AvgIpc) is 2.79. The standard InChI is InChI=1S/C18H15I2NO2/c1-3-21-16-7-5-4-6-13(16)14(18(21)22)9-11-8-12(19)10-15(20)17(11)23-2/h4-10H,3H2,1-2H3/b14-9-. The van der Waals surface area contributed by atoms with Gasteiger partial charge < -0.3 is 9.64 Å². The number of nitrogens with zero attached hydrogens (tertiary/aromatic N) is 1. The first-order valence-electron chi connectivity index (χ1n) is 7.22. The fourth-order valence-electron chi connectivity index (χ4n) is 2.82. The molecular weight excluding hydrogens is 516 g/mol. The summed E-state index contributed by atoms with van der Waals surface area (Å²) in [6.45, 7) is 2.65. The molecule has 2 aromatic carbocycles. The van der Waals surface area contributed by atoms with Gasteiger partial charge in [-0.3, -0.25) is 4.79 Å². The highest BCUT2D eigenvalue weighted by Crippen LogP contribution is 2.39. The van der Waals surface area contributed by atoms with E-state index >= 15 is 0 Å². The number of rotatable bonds is 3. The number of benzene rings is 2. The molecule has 0 saturated heterocycles. The minimum Gasteiger partial charge on any atom is -0.495 e. The van der Waals surface area contributed by atoms with E-state index in [-0.39, 0.29) is 5.91 Å². The zero-order valence-corrected chi connectivity index (χ0v) is 17.1. The van der Waals surface area contributed by atoms with E-state index in [4.69, 9.17) is 4.74 Å². The van der Waals surface area contributed by atoms with Gasteiger partial charge in [-0.15, -0.1) is 0 Å². The number of halogens is 2. The maximum absolute atomic E-state index is 12.8. The zero-order valence-electron chi connectivity index (χ0n) is 12.8. The van der Waals surface area contributed by atoms with Crippen LogP contribution in [0.3, 0.4) is 0 Å². The Labute approximate surface area is 163 Å². The molecule has 1 aliphatic rings. The second-order valence-electron chi connectivity index (χ2n) is 5.13. The summed E-state index contributed by atoms with van der Waals surface area (Å²) in [5.41, 5.74) is 3.61. The number of methoxy groups -OCH3 is 1. The minimum atomic E-state index is 0.0459. The lowest BCUT2D eigenvalue weighted by Gasteiger charge is -2.13. The lowest BCUT2D eigenvalue weighted by atomic mass is 10.0. The third-order valence-electron chi connectivity index (χ3n) is 3.82. The van der Waals surface area contributed by atoms with E-state index in [1.54, 1.807) is 7.11 Å². The van der Waals surface area contributed by atoms with Crippen LogP contribution in [-0.2, 0) is 4.79 Å². The Balaban J connectivity index is 2.19. The molecule has 1 amide bonds. The Morgan fingerprint density at radius 3 is 2.65 bits per heavy atom. The molecule has 3 rings (SSSR count). The van der Waals surface area contributed by atoms with Crippen LogP contribution in [0.5, 0.6) is 5.75 Å². The molecular formula is C18H15I2NO2.